The number of hydrogen-bond donors (Lipinski definition) is 1. The number of nitrogens with zero attached hydrogens (tertiary/aromatic N) is 6. The molecule has 5 aromatic rings. The van der Waals surface area contributed by atoms with Crippen molar-refractivity contribution in [2.24, 2.45) is 7.05 Å². The van der Waals surface area contributed by atoms with E-state index in [-0.39, 0.29) is 5.91 Å². The van der Waals surface area contributed by atoms with E-state index in [4.69, 9.17) is 4.98 Å². The van der Waals surface area contributed by atoms with Crippen molar-refractivity contribution in [3.8, 4) is 22.5 Å². The van der Waals surface area contributed by atoms with Crippen LogP contribution in [0.1, 0.15) is 58.1 Å². The van der Waals surface area contributed by atoms with Crippen molar-refractivity contribution in [1.82, 2.24) is 29.6 Å². The van der Waals surface area contributed by atoms with Gasteiger partial charge in [-0.3, -0.25) is 14.5 Å². The molecule has 3 aromatic heterocycles. The van der Waals surface area contributed by atoms with Gasteiger partial charge in [0.1, 0.15) is 5.82 Å². The van der Waals surface area contributed by atoms with E-state index in [0.29, 0.717) is 23.7 Å². The van der Waals surface area contributed by atoms with Gasteiger partial charge in [-0.25, -0.2) is 9.97 Å². The number of aromatic nitrogens is 5. The number of carbonyl (C=O) groups excluding carboxylic acids is 1. The molecule has 1 aliphatic rings. The zero-order valence-electron chi connectivity index (χ0n) is 25.0. The highest BCUT2D eigenvalue weighted by atomic mass is 16.1. The molecule has 218 valence electrons. The molecule has 1 unspecified atom stereocenters. The monoisotopic (exact) mass is 571 g/mol. The van der Waals surface area contributed by atoms with Gasteiger partial charge < -0.3 is 10.2 Å². The molecule has 8 nitrogen and oxygen atoms in total. The molecule has 1 atom stereocenters. The summed E-state index contributed by atoms with van der Waals surface area (Å²) >= 11 is 0. The first kappa shape index (κ1) is 28.4. The van der Waals surface area contributed by atoms with Crippen molar-refractivity contribution >= 4 is 11.6 Å². The van der Waals surface area contributed by atoms with Crippen molar-refractivity contribution in [2.75, 3.05) is 25.5 Å². The molecule has 1 N–H and O–H groups in total. The standard InChI is InChI=1S/C35H37N7O/c1-24-7-8-26(35(43)38-31-11-9-25(10-12-31)27-6-4-5-16-41(2)23-27)18-28(24)20-34-37-15-13-32(39-34)29-19-30(22-36-21-29)33-14-17-42(3)40-33/h7-15,17-19,21-22,27H,4-6,16,20,23H2,1-3H3,(H,38,43). The van der Waals surface area contributed by atoms with Gasteiger partial charge in [0.2, 0.25) is 0 Å². The van der Waals surface area contributed by atoms with Gasteiger partial charge >= 0.3 is 0 Å². The minimum atomic E-state index is -0.129. The normalized spacial score (nSPS) is 15.7. The number of nitrogens with one attached hydrogen (secondary N) is 1. The lowest BCUT2D eigenvalue weighted by molar-refractivity contribution is 0.102. The van der Waals surface area contributed by atoms with Gasteiger partial charge in [-0.1, -0.05) is 24.6 Å². The molecule has 0 saturated carbocycles. The lowest BCUT2D eigenvalue weighted by Crippen LogP contribution is -2.23. The number of rotatable bonds is 7. The van der Waals surface area contributed by atoms with Gasteiger partial charge in [0.15, 0.2) is 0 Å². The Morgan fingerprint density at radius 1 is 0.953 bits per heavy atom. The molecule has 1 amide bonds. The van der Waals surface area contributed by atoms with E-state index in [2.05, 4.69) is 44.5 Å². The molecule has 1 fully saturated rings. The van der Waals surface area contributed by atoms with Gasteiger partial charge in [0, 0.05) is 67.2 Å². The van der Waals surface area contributed by atoms with E-state index in [9.17, 15) is 4.79 Å². The van der Waals surface area contributed by atoms with Gasteiger partial charge in [-0.05, 0) is 98.4 Å². The predicted molar refractivity (Wildman–Crippen MR) is 170 cm³/mol. The van der Waals surface area contributed by atoms with Crippen LogP contribution in [0.15, 0.2) is 85.5 Å². The average molecular weight is 572 g/mol. The van der Waals surface area contributed by atoms with Crippen LogP contribution in [-0.2, 0) is 13.5 Å². The number of anilines is 1. The Hall–Kier alpha value is -4.69. The fourth-order valence-electron chi connectivity index (χ4n) is 5.75. The van der Waals surface area contributed by atoms with Crippen molar-refractivity contribution < 1.29 is 4.79 Å². The first-order valence-electron chi connectivity index (χ1n) is 14.9. The summed E-state index contributed by atoms with van der Waals surface area (Å²) in [4.78, 5) is 29.4. The molecule has 4 heterocycles. The van der Waals surface area contributed by atoms with Crippen LogP contribution in [0.2, 0.25) is 0 Å². The van der Waals surface area contributed by atoms with Crippen LogP contribution >= 0.6 is 0 Å². The Morgan fingerprint density at radius 2 is 1.77 bits per heavy atom. The van der Waals surface area contributed by atoms with Crippen molar-refractivity contribution in [3.63, 3.8) is 0 Å². The molecule has 1 saturated heterocycles. The van der Waals surface area contributed by atoms with E-state index in [1.54, 1.807) is 23.3 Å². The maximum Gasteiger partial charge on any atom is 0.255 e. The summed E-state index contributed by atoms with van der Waals surface area (Å²) in [6, 6.07) is 20.0. The molecule has 6 rings (SSSR count). The predicted octanol–water partition coefficient (Wildman–Crippen LogP) is 6.29. The molecular weight excluding hydrogens is 534 g/mol. The van der Waals surface area contributed by atoms with E-state index in [1.165, 1.54) is 31.4 Å². The highest BCUT2D eigenvalue weighted by Crippen LogP contribution is 2.27. The number of pyridine rings is 1. The van der Waals surface area contributed by atoms with Gasteiger partial charge in [-0.15, -0.1) is 0 Å². The zero-order chi connectivity index (χ0) is 29.8. The molecule has 2 aromatic carbocycles. The first-order chi connectivity index (χ1) is 20.9. The number of amides is 1. The lowest BCUT2D eigenvalue weighted by Gasteiger charge is -2.20. The van der Waals surface area contributed by atoms with Gasteiger partial charge in [0.25, 0.3) is 5.91 Å². The van der Waals surface area contributed by atoms with Crippen molar-refractivity contribution in [2.45, 2.75) is 38.5 Å². The Balaban J connectivity index is 1.15. The fourth-order valence-corrected chi connectivity index (χ4v) is 5.75. The van der Waals surface area contributed by atoms with Crippen LogP contribution < -0.4 is 5.32 Å². The molecule has 0 bridgehead atoms. The van der Waals surface area contributed by atoms with Gasteiger partial charge in [-0.2, -0.15) is 5.10 Å². The van der Waals surface area contributed by atoms with Gasteiger partial charge in [0.05, 0.1) is 11.4 Å². The average Bonchev–Trinajstić information content (AvgIpc) is 3.34. The second kappa shape index (κ2) is 12.7. The third-order valence-corrected chi connectivity index (χ3v) is 8.22. The minimum Gasteiger partial charge on any atom is -0.322 e. The first-order valence-corrected chi connectivity index (χ1v) is 14.9. The fraction of sp³-hybridized carbons (Fsp3) is 0.286. The quantitative estimate of drug-likeness (QED) is 0.247. The van der Waals surface area contributed by atoms with E-state index in [1.807, 2.05) is 68.7 Å². The molecule has 8 heteroatoms. The summed E-state index contributed by atoms with van der Waals surface area (Å²) in [5.41, 5.74) is 8.33. The van der Waals surface area contributed by atoms with E-state index < -0.39 is 0 Å². The van der Waals surface area contributed by atoms with Crippen LogP contribution in [0.3, 0.4) is 0 Å². The Bertz CT molecular complexity index is 1730. The topological polar surface area (TPSA) is 88.8 Å². The van der Waals surface area contributed by atoms with Crippen LogP contribution in [0.5, 0.6) is 0 Å². The number of likely N-dealkylation sites (tertiary alicyclic amines) is 1. The number of hydrogen-bond acceptors (Lipinski definition) is 6. The van der Waals surface area contributed by atoms with Crippen molar-refractivity contribution in [1.29, 1.82) is 0 Å². The van der Waals surface area contributed by atoms with Crippen molar-refractivity contribution in [3.05, 3.63) is 114 Å². The van der Waals surface area contributed by atoms with Crippen LogP contribution in [0.4, 0.5) is 5.69 Å². The van der Waals surface area contributed by atoms with Crippen LogP contribution in [0.25, 0.3) is 22.5 Å². The summed E-state index contributed by atoms with van der Waals surface area (Å²) in [5, 5.41) is 7.56. The number of carbonyl (C=O) groups is 1. The molecular formula is C35H37N7O. The third-order valence-electron chi connectivity index (χ3n) is 8.22. The molecule has 1 aliphatic heterocycles. The third kappa shape index (κ3) is 6.87. The SMILES string of the molecule is Cc1ccc(C(=O)Nc2ccc(C3CCCCN(C)C3)cc2)cc1Cc1nccc(-c2cncc(-c3ccn(C)n3)c2)n1. The number of likely N-dealkylation sites (N-methyl/N-ethyl adjacent to an activating group) is 1. The maximum absolute atomic E-state index is 13.2. The smallest absolute Gasteiger partial charge is 0.255 e. The Labute approximate surface area is 252 Å². The lowest BCUT2D eigenvalue weighted by atomic mass is 9.94. The number of benzene rings is 2. The van der Waals surface area contributed by atoms with E-state index >= 15 is 0 Å². The highest BCUT2D eigenvalue weighted by molar-refractivity contribution is 6.04. The zero-order valence-corrected chi connectivity index (χ0v) is 25.0. The van der Waals surface area contributed by atoms with Crippen LogP contribution in [0, 0.1) is 6.92 Å². The second-order valence-corrected chi connectivity index (χ2v) is 11.5. The van der Waals surface area contributed by atoms with Crippen LogP contribution in [-0.4, -0.2) is 55.7 Å². The summed E-state index contributed by atoms with van der Waals surface area (Å²) in [7, 11) is 4.10. The number of aryl methyl sites for hydroxylation is 2. The molecule has 0 spiro atoms. The maximum atomic E-state index is 13.2. The van der Waals surface area contributed by atoms with E-state index in [0.717, 1.165) is 45.9 Å². The molecule has 0 aliphatic carbocycles. The largest absolute Gasteiger partial charge is 0.322 e. The second-order valence-electron chi connectivity index (χ2n) is 11.5. The summed E-state index contributed by atoms with van der Waals surface area (Å²) in [5.74, 6) is 1.09. The Kier molecular flexibility index (Phi) is 8.38. The Morgan fingerprint density at radius 3 is 2.56 bits per heavy atom. The minimum absolute atomic E-state index is 0.129. The summed E-state index contributed by atoms with van der Waals surface area (Å²) in [6.07, 6.45) is 11.5. The highest BCUT2D eigenvalue weighted by Gasteiger charge is 2.18. The molecule has 0 radical (unpaired) electrons. The molecule has 43 heavy (non-hydrogen) atoms. The summed E-state index contributed by atoms with van der Waals surface area (Å²) in [6.45, 7) is 4.29. The summed E-state index contributed by atoms with van der Waals surface area (Å²) < 4.78 is 1.77.